The highest BCUT2D eigenvalue weighted by Crippen LogP contribution is 2.31. The Morgan fingerprint density at radius 3 is 2.48 bits per heavy atom. The van der Waals surface area contributed by atoms with Gasteiger partial charge in [-0.05, 0) is 36.8 Å². The van der Waals surface area contributed by atoms with E-state index in [1.165, 1.54) is 12.3 Å². The number of halogens is 2. The molecule has 3 nitrogen and oxygen atoms in total. The van der Waals surface area contributed by atoms with Crippen molar-refractivity contribution in [3.05, 3.63) is 57.5 Å². The Morgan fingerprint density at radius 1 is 1.19 bits per heavy atom. The van der Waals surface area contributed by atoms with Crippen molar-refractivity contribution in [2.45, 2.75) is 17.9 Å². The quantitative estimate of drug-likeness (QED) is 0.827. The molecule has 2 aromatic carbocycles. The van der Waals surface area contributed by atoms with E-state index in [0.717, 1.165) is 10.0 Å². The number of hydrogen-bond acceptors (Lipinski definition) is 3. The first-order valence-electron chi connectivity index (χ1n) is 6.29. The third-order valence-electron chi connectivity index (χ3n) is 3.11. The zero-order valence-electron chi connectivity index (χ0n) is 11.6. The molecule has 1 unspecified atom stereocenters. The van der Waals surface area contributed by atoms with Crippen LogP contribution < -0.4 is 5.32 Å². The first kappa shape index (κ1) is 16.3. The van der Waals surface area contributed by atoms with E-state index in [1.807, 2.05) is 31.2 Å². The minimum Gasteiger partial charge on any atom is -0.377 e. The molecule has 0 radical (unpaired) electrons. The molecule has 0 aliphatic carbocycles. The van der Waals surface area contributed by atoms with Crippen molar-refractivity contribution in [3.8, 4) is 0 Å². The number of hydrogen-bond donors (Lipinski definition) is 1. The molecular weight excluding hydrogens is 374 g/mol. The fourth-order valence-electron chi connectivity index (χ4n) is 1.98. The highest BCUT2D eigenvalue weighted by molar-refractivity contribution is 9.10. The normalized spacial score (nSPS) is 13.0. The number of nitrogens with one attached hydrogen (secondary N) is 1. The summed E-state index contributed by atoms with van der Waals surface area (Å²) >= 11 is 9.65. The molecule has 0 bridgehead atoms. The second-order valence-corrected chi connectivity index (χ2v) is 8.08. The van der Waals surface area contributed by atoms with Crippen LogP contribution in [0.25, 0.3) is 0 Å². The molecule has 2 rings (SSSR count). The van der Waals surface area contributed by atoms with Gasteiger partial charge in [-0.3, -0.25) is 0 Å². The minimum atomic E-state index is -3.26. The van der Waals surface area contributed by atoms with Gasteiger partial charge in [-0.2, -0.15) is 0 Å². The van der Waals surface area contributed by atoms with Gasteiger partial charge in [0.2, 0.25) is 0 Å². The van der Waals surface area contributed by atoms with Gasteiger partial charge in [0.15, 0.2) is 9.84 Å². The molecule has 0 aliphatic rings. The Hall–Kier alpha value is -1.04. The second kappa shape index (κ2) is 6.38. The van der Waals surface area contributed by atoms with Crippen LogP contribution in [0, 0.1) is 0 Å². The molecule has 0 aliphatic heterocycles. The Morgan fingerprint density at radius 2 is 1.86 bits per heavy atom. The van der Waals surface area contributed by atoms with Gasteiger partial charge in [0.25, 0.3) is 0 Å². The second-order valence-electron chi connectivity index (χ2n) is 4.80. The number of anilines is 1. The van der Waals surface area contributed by atoms with E-state index in [2.05, 4.69) is 21.2 Å². The van der Waals surface area contributed by atoms with Crippen molar-refractivity contribution >= 4 is 43.1 Å². The molecule has 0 heterocycles. The van der Waals surface area contributed by atoms with Crippen LogP contribution in [0.5, 0.6) is 0 Å². The van der Waals surface area contributed by atoms with Crippen molar-refractivity contribution < 1.29 is 8.42 Å². The van der Waals surface area contributed by atoms with Gasteiger partial charge < -0.3 is 5.32 Å². The molecule has 21 heavy (non-hydrogen) atoms. The monoisotopic (exact) mass is 387 g/mol. The Labute approximate surface area is 138 Å². The van der Waals surface area contributed by atoms with Crippen LogP contribution in [-0.4, -0.2) is 14.7 Å². The Balaban J connectivity index is 2.33. The third kappa shape index (κ3) is 3.99. The molecule has 0 aromatic heterocycles. The molecular formula is C15H15BrClNO2S. The smallest absolute Gasteiger partial charge is 0.175 e. The maximum Gasteiger partial charge on any atom is 0.175 e. The van der Waals surface area contributed by atoms with Crippen LogP contribution in [0.3, 0.4) is 0 Å². The lowest BCUT2D eigenvalue weighted by atomic mass is 10.1. The van der Waals surface area contributed by atoms with E-state index >= 15 is 0 Å². The van der Waals surface area contributed by atoms with Gasteiger partial charge in [-0.25, -0.2) is 8.42 Å². The molecule has 0 saturated heterocycles. The molecule has 0 saturated carbocycles. The highest BCUT2D eigenvalue weighted by Gasteiger charge is 2.14. The van der Waals surface area contributed by atoms with E-state index in [9.17, 15) is 8.42 Å². The van der Waals surface area contributed by atoms with Crippen molar-refractivity contribution in [2.24, 2.45) is 0 Å². The van der Waals surface area contributed by atoms with Crippen molar-refractivity contribution in [2.75, 3.05) is 11.6 Å². The molecule has 1 N–H and O–H groups in total. The summed E-state index contributed by atoms with van der Waals surface area (Å²) in [5.74, 6) is 0. The Bertz CT molecular complexity index is 762. The molecule has 0 spiro atoms. The van der Waals surface area contributed by atoms with Gasteiger partial charge >= 0.3 is 0 Å². The summed E-state index contributed by atoms with van der Waals surface area (Å²) in [6, 6.07) is 12.5. The summed E-state index contributed by atoms with van der Waals surface area (Å²) in [7, 11) is -3.26. The number of sulfone groups is 1. The van der Waals surface area contributed by atoms with Crippen molar-refractivity contribution in [1.82, 2.24) is 0 Å². The van der Waals surface area contributed by atoms with Crippen molar-refractivity contribution in [1.29, 1.82) is 0 Å². The summed E-state index contributed by atoms with van der Waals surface area (Å²) in [5.41, 5.74) is 1.67. The predicted molar refractivity (Wildman–Crippen MR) is 90.7 cm³/mol. The molecule has 112 valence electrons. The van der Waals surface area contributed by atoms with Crippen LogP contribution in [0.1, 0.15) is 18.5 Å². The summed E-state index contributed by atoms with van der Waals surface area (Å²) in [6.45, 7) is 1.99. The highest BCUT2D eigenvalue weighted by atomic mass is 79.9. The average molecular weight is 389 g/mol. The zero-order chi connectivity index (χ0) is 15.6. The van der Waals surface area contributed by atoms with Gasteiger partial charge in [0.1, 0.15) is 0 Å². The summed E-state index contributed by atoms with van der Waals surface area (Å²) < 4.78 is 24.2. The molecule has 0 amide bonds. The van der Waals surface area contributed by atoms with Crippen LogP contribution in [-0.2, 0) is 9.84 Å². The maximum atomic E-state index is 11.6. The zero-order valence-corrected chi connectivity index (χ0v) is 14.8. The summed E-state index contributed by atoms with van der Waals surface area (Å²) in [5, 5.41) is 3.74. The maximum absolute atomic E-state index is 11.6. The van der Waals surface area contributed by atoms with Crippen LogP contribution in [0.4, 0.5) is 5.69 Å². The topological polar surface area (TPSA) is 46.2 Å². The molecule has 2 aromatic rings. The lowest BCUT2D eigenvalue weighted by Gasteiger charge is -2.18. The average Bonchev–Trinajstić information content (AvgIpc) is 2.40. The lowest BCUT2D eigenvalue weighted by Crippen LogP contribution is -2.08. The van der Waals surface area contributed by atoms with Gasteiger partial charge in [-0.15, -0.1) is 0 Å². The fraction of sp³-hybridized carbons (Fsp3) is 0.200. The van der Waals surface area contributed by atoms with Crippen LogP contribution >= 0.6 is 27.5 Å². The van der Waals surface area contributed by atoms with Crippen LogP contribution in [0.2, 0.25) is 5.02 Å². The van der Waals surface area contributed by atoms with Crippen molar-refractivity contribution in [3.63, 3.8) is 0 Å². The largest absolute Gasteiger partial charge is 0.377 e. The molecule has 0 fully saturated rings. The summed E-state index contributed by atoms with van der Waals surface area (Å²) in [6.07, 6.45) is 1.18. The van der Waals surface area contributed by atoms with E-state index < -0.39 is 9.84 Å². The van der Waals surface area contributed by atoms with Gasteiger partial charge in [0.05, 0.1) is 15.6 Å². The number of rotatable bonds is 4. The van der Waals surface area contributed by atoms with Gasteiger partial charge in [0, 0.05) is 16.8 Å². The van der Waals surface area contributed by atoms with Crippen LogP contribution in [0.15, 0.2) is 51.8 Å². The summed E-state index contributed by atoms with van der Waals surface area (Å²) in [4.78, 5) is 0.244. The third-order valence-corrected chi connectivity index (χ3v) is 5.27. The first-order valence-corrected chi connectivity index (χ1v) is 9.36. The molecule has 1 atom stereocenters. The minimum absolute atomic E-state index is 0.0205. The standard InChI is InChI=1S/C15H15BrClNO2S/c1-10(12-5-3-4-6-13(12)16)18-15-9-11(21(2,19)20)7-8-14(15)17/h3-10,18H,1-2H3. The van der Waals surface area contributed by atoms with E-state index in [0.29, 0.717) is 10.7 Å². The molecule has 6 heteroatoms. The van der Waals surface area contributed by atoms with E-state index in [1.54, 1.807) is 12.1 Å². The lowest BCUT2D eigenvalue weighted by molar-refractivity contribution is 0.602. The first-order chi connectivity index (χ1) is 9.79. The number of benzene rings is 2. The fourth-order valence-corrected chi connectivity index (χ4v) is 3.43. The predicted octanol–water partition coefficient (Wildman–Crippen LogP) is 4.68. The Kier molecular flexibility index (Phi) is 4.96. The SMILES string of the molecule is CC(Nc1cc(S(C)(=O)=O)ccc1Cl)c1ccccc1Br. The van der Waals surface area contributed by atoms with E-state index in [-0.39, 0.29) is 10.9 Å². The van der Waals surface area contributed by atoms with E-state index in [4.69, 9.17) is 11.6 Å². The van der Waals surface area contributed by atoms with Gasteiger partial charge in [-0.1, -0.05) is 45.7 Å².